The lowest BCUT2D eigenvalue weighted by molar-refractivity contribution is -0.151. The SMILES string of the molecule is O=C(N1CCC(C2NOC(c3ccnc(C4CCOC4)c3)N2)CC1)C1(F)CCC1. The van der Waals surface area contributed by atoms with Crippen LogP contribution in [0.5, 0.6) is 0 Å². The fourth-order valence-corrected chi connectivity index (χ4v) is 4.81. The minimum absolute atomic E-state index is 0.0201. The summed E-state index contributed by atoms with van der Waals surface area (Å²) < 4.78 is 19.9. The molecule has 4 heterocycles. The molecule has 8 heteroatoms. The number of hydrogen-bond donors (Lipinski definition) is 2. The number of hydrogen-bond acceptors (Lipinski definition) is 6. The molecule has 3 unspecified atom stereocenters. The summed E-state index contributed by atoms with van der Waals surface area (Å²) in [5.41, 5.74) is 3.64. The third-order valence-corrected chi connectivity index (χ3v) is 6.93. The van der Waals surface area contributed by atoms with Gasteiger partial charge in [-0.1, -0.05) is 0 Å². The number of ether oxygens (including phenoxy) is 1. The maximum Gasteiger partial charge on any atom is 0.260 e. The molecule has 0 spiro atoms. The molecule has 1 aromatic heterocycles. The van der Waals surface area contributed by atoms with Crippen molar-refractivity contribution < 1.29 is 18.8 Å². The van der Waals surface area contributed by atoms with E-state index in [-0.39, 0.29) is 18.3 Å². The van der Waals surface area contributed by atoms with Gasteiger partial charge in [0, 0.05) is 43.1 Å². The number of pyridine rings is 1. The zero-order valence-corrected chi connectivity index (χ0v) is 16.6. The van der Waals surface area contributed by atoms with Gasteiger partial charge in [0.05, 0.1) is 12.8 Å². The number of piperidine rings is 1. The molecular formula is C21H29FN4O3. The summed E-state index contributed by atoms with van der Waals surface area (Å²) in [6, 6.07) is 4.07. The van der Waals surface area contributed by atoms with Crippen LogP contribution in [0.25, 0.3) is 0 Å². The van der Waals surface area contributed by atoms with Crippen LogP contribution in [-0.2, 0) is 14.4 Å². The average molecular weight is 404 g/mol. The fraction of sp³-hybridized carbons (Fsp3) is 0.714. The topological polar surface area (TPSA) is 75.7 Å². The Kier molecular flexibility index (Phi) is 5.28. The lowest BCUT2D eigenvalue weighted by Crippen LogP contribution is -2.54. The van der Waals surface area contributed by atoms with Gasteiger partial charge in [-0.15, -0.1) is 0 Å². The van der Waals surface area contributed by atoms with Crippen molar-refractivity contribution >= 4 is 5.91 Å². The van der Waals surface area contributed by atoms with Crippen LogP contribution in [0.15, 0.2) is 18.3 Å². The van der Waals surface area contributed by atoms with Crippen molar-refractivity contribution in [1.82, 2.24) is 20.7 Å². The molecule has 1 saturated carbocycles. The number of halogens is 1. The summed E-state index contributed by atoms with van der Waals surface area (Å²) in [5, 5.41) is 3.52. The molecule has 4 aliphatic rings. The molecule has 4 fully saturated rings. The van der Waals surface area contributed by atoms with Gasteiger partial charge in [0.1, 0.15) is 0 Å². The second kappa shape index (κ2) is 7.91. The highest BCUT2D eigenvalue weighted by molar-refractivity contribution is 5.86. The molecule has 1 aliphatic carbocycles. The highest BCUT2D eigenvalue weighted by atomic mass is 19.1. The van der Waals surface area contributed by atoms with Crippen LogP contribution in [0.2, 0.25) is 0 Å². The Labute approximate surface area is 170 Å². The predicted molar refractivity (Wildman–Crippen MR) is 103 cm³/mol. The van der Waals surface area contributed by atoms with Crippen LogP contribution >= 0.6 is 0 Å². The lowest BCUT2D eigenvalue weighted by atomic mass is 9.80. The molecule has 3 aliphatic heterocycles. The van der Waals surface area contributed by atoms with Gasteiger partial charge >= 0.3 is 0 Å². The van der Waals surface area contributed by atoms with Gasteiger partial charge in [-0.25, -0.2) is 4.39 Å². The summed E-state index contributed by atoms with van der Waals surface area (Å²) in [4.78, 5) is 24.4. The van der Waals surface area contributed by atoms with E-state index >= 15 is 0 Å². The number of likely N-dealkylation sites (tertiary alicyclic amines) is 1. The summed E-state index contributed by atoms with van der Waals surface area (Å²) in [6.45, 7) is 2.75. The number of hydroxylamine groups is 1. The molecular weight excluding hydrogens is 375 g/mol. The Hall–Kier alpha value is -1.61. The van der Waals surface area contributed by atoms with Crippen molar-refractivity contribution in [2.75, 3.05) is 26.3 Å². The molecule has 158 valence electrons. The van der Waals surface area contributed by atoms with Crippen molar-refractivity contribution in [3.63, 3.8) is 0 Å². The number of aromatic nitrogens is 1. The first-order valence-electron chi connectivity index (χ1n) is 10.8. The number of carbonyl (C=O) groups is 1. The van der Waals surface area contributed by atoms with Crippen LogP contribution in [0.1, 0.15) is 61.9 Å². The van der Waals surface area contributed by atoms with Crippen molar-refractivity contribution in [2.45, 2.75) is 62.5 Å². The monoisotopic (exact) mass is 404 g/mol. The summed E-state index contributed by atoms with van der Waals surface area (Å²) in [6.07, 6.45) is 5.89. The maximum absolute atomic E-state index is 14.4. The Morgan fingerprint density at radius 2 is 2.10 bits per heavy atom. The normalized spacial score (nSPS) is 32.3. The Balaban J connectivity index is 1.16. The van der Waals surface area contributed by atoms with Crippen LogP contribution in [-0.4, -0.2) is 53.9 Å². The highest BCUT2D eigenvalue weighted by Crippen LogP contribution is 2.38. The first-order chi connectivity index (χ1) is 14.1. The minimum Gasteiger partial charge on any atom is -0.381 e. The quantitative estimate of drug-likeness (QED) is 0.801. The average Bonchev–Trinajstić information content (AvgIpc) is 3.44. The van der Waals surface area contributed by atoms with Gasteiger partial charge in [-0.3, -0.25) is 19.9 Å². The largest absolute Gasteiger partial charge is 0.381 e. The molecule has 0 aromatic carbocycles. The summed E-state index contributed by atoms with van der Waals surface area (Å²) >= 11 is 0. The zero-order chi connectivity index (χ0) is 19.8. The minimum atomic E-state index is -1.59. The first kappa shape index (κ1) is 19.4. The van der Waals surface area contributed by atoms with E-state index in [1.807, 2.05) is 12.3 Å². The van der Waals surface area contributed by atoms with Crippen molar-refractivity contribution in [1.29, 1.82) is 0 Å². The van der Waals surface area contributed by atoms with Crippen LogP contribution in [0.3, 0.4) is 0 Å². The standard InChI is InChI=1S/C21H29FN4O3/c22-21(6-1-7-21)20(27)26-9-3-14(4-10-26)18-24-19(29-25-18)15-2-8-23-17(12-15)16-5-11-28-13-16/h2,8,12,14,16,18-19,24-25H,1,3-7,9-11,13H2. The Morgan fingerprint density at radius 1 is 1.28 bits per heavy atom. The van der Waals surface area contributed by atoms with Crippen molar-refractivity contribution in [3.05, 3.63) is 29.6 Å². The first-order valence-corrected chi connectivity index (χ1v) is 10.8. The second-order valence-corrected chi connectivity index (χ2v) is 8.78. The maximum atomic E-state index is 14.4. The van der Waals surface area contributed by atoms with Gasteiger partial charge in [0.25, 0.3) is 5.91 Å². The summed E-state index contributed by atoms with van der Waals surface area (Å²) in [5.74, 6) is 0.394. The number of rotatable bonds is 4. The molecule has 2 N–H and O–H groups in total. The zero-order valence-electron chi connectivity index (χ0n) is 16.6. The molecule has 1 amide bonds. The molecule has 3 atom stereocenters. The Morgan fingerprint density at radius 3 is 2.79 bits per heavy atom. The molecule has 5 rings (SSSR count). The van der Waals surface area contributed by atoms with Gasteiger partial charge < -0.3 is 9.64 Å². The van der Waals surface area contributed by atoms with E-state index in [9.17, 15) is 9.18 Å². The van der Waals surface area contributed by atoms with E-state index in [4.69, 9.17) is 9.57 Å². The smallest absolute Gasteiger partial charge is 0.260 e. The molecule has 29 heavy (non-hydrogen) atoms. The van der Waals surface area contributed by atoms with Crippen LogP contribution < -0.4 is 10.8 Å². The predicted octanol–water partition coefficient (Wildman–Crippen LogP) is 2.17. The molecule has 0 radical (unpaired) electrons. The van der Waals surface area contributed by atoms with E-state index < -0.39 is 5.67 Å². The highest BCUT2D eigenvalue weighted by Gasteiger charge is 2.47. The lowest BCUT2D eigenvalue weighted by Gasteiger charge is -2.40. The number of amides is 1. The van der Waals surface area contributed by atoms with E-state index in [0.29, 0.717) is 37.8 Å². The third-order valence-electron chi connectivity index (χ3n) is 6.93. The van der Waals surface area contributed by atoms with Gasteiger partial charge in [-0.05, 0) is 56.6 Å². The van der Waals surface area contributed by atoms with E-state index in [2.05, 4.69) is 21.8 Å². The van der Waals surface area contributed by atoms with E-state index in [0.717, 1.165) is 50.2 Å². The number of alkyl halides is 1. The van der Waals surface area contributed by atoms with E-state index in [1.54, 1.807) is 4.90 Å². The van der Waals surface area contributed by atoms with Crippen LogP contribution in [0, 0.1) is 5.92 Å². The molecule has 0 bridgehead atoms. The van der Waals surface area contributed by atoms with Gasteiger partial charge in [0.2, 0.25) is 0 Å². The number of nitrogens with zero attached hydrogens (tertiary/aromatic N) is 2. The van der Waals surface area contributed by atoms with E-state index in [1.165, 1.54) is 0 Å². The fourth-order valence-electron chi connectivity index (χ4n) is 4.81. The third kappa shape index (κ3) is 3.79. The Bertz CT molecular complexity index is 745. The van der Waals surface area contributed by atoms with Crippen molar-refractivity contribution in [3.8, 4) is 0 Å². The summed E-state index contributed by atoms with van der Waals surface area (Å²) in [7, 11) is 0. The van der Waals surface area contributed by atoms with Crippen molar-refractivity contribution in [2.24, 2.45) is 5.92 Å². The van der Waals surface area contributed by atoms with Gasteiger partial charge in [-0.2, -0.15) is 5.48 Å². The number of carbonyl (C=O) groups excluding carboxylic acids is 1. The molecule has 3 saturated heterocycles. The van der Waals surface area contributed by atoms with Crippen LogP contribution in [0.4, 0.5) is 4.39 Å². The molecule has 7 nitrogen and oxygen atoms in total. The second-order valence-electron chi connectivity index (χ2n) is 8.78. The molecule has 1 aromatic rings. The number of nitrogens with one attached hydrogen (secondary N) is 2. The van der Waals surface area contributed by atoms with Gasteiger partial charge in [0.15, 0.2) is 11.9 Å².